The number of nitrogens with zero attached hydrogens (tertiary/aromatic N) is 1. The monoisotopic (exact) mass is 213 g/mol. The largest absolute Gasteiger partial charge is 0.479 e. The zero-order valence-electron chi connectivity index (χ0n) is 9.02. The Kier molecular flexibility index (Phi) is 3.59. The van der Waals surface area contributed by atoms with Crippen molar-refractivity contribution < 1.29 is 14.6 Å². The average Bonchev–Trinajstić information content (AvgIpc) is 2.71. The summed E-state index contributed by atoms with van der Waals surface area (Å²) in [6, 6.07) is 0. The molecule has 1 N–H and O–H groups in total. The number of rotatable bonds is 3. The molecule has 1 saturated carbocycles. The van der Waals surface area contributed by atoms with E-state index in [9.17, 15) is 4.79 Å². The summed E-state index contributed by atoms with van der Waals surface area (Å²) in [4.78, 5) is 13.0. The zero-order chi connectivity index (χ0) is 10.7. The first-order chi connectivity index (χ1) is 7.25. The number of hydrogen-bond acceptors (Lipinski definition) is 3. The topological polar surface area (TPSA) is 49.8 Å². The van der Waals surface area contributed by atoms with Gasteiger partial charge < -0.3 is 9.84 Å². The van der Waals surface area contributed by atoms with Crippen LogP contribution in [0.2, 0.25) is 0 Å². The summed E-state index contributed by atoms with van der Waals surface area (Å²) in [6.45, 7) is 3.07. The van der Waals surface area contributed by atoms with Gasteiger partial charge in [-0.3, -0.25) is 4.90 Å². The fourth-order valence-corrected chi connectivity index (χ4v) is 2.58. The highest BCUT2D eigenvalue weighted by atomic mass is 16.5. The Balaban J connectivity index is 1.79. The lowest BCUT2D eigenvalue weighted by Crippen LogP contribution is -2.47. The van der Waals surface area contributed by atoms with Crippen LogP contribution in [0.1, 0.15) is 25.7 Å². The van der Waals surface area contributed by atoms with E-state index < -0.39 is 12.1 Å². The van der Waals surface area contributed by atoms with Gasteiger partial charge in [-0.05, 0) is 18.8 Å². The third-order valence-corrected chi connectivity index (χ3v) is 3.42. The van der Waals surface area contributed by atoms with Crippen molar-refractivity contribution in [2.45, 2.75) is 31.8 Å². The highest BCUT2D eigenvalue weighted by Crippen LogP contribution is 2.25. The molecule has 0 aromatic rings. The second-order valence-corrected chi connectivity index (χ2v) is 4.61. The number of carbonyl (C=O) groups is 1. The minimum atomic E-state index is -0.828. The third kappa shape index (κ3) is 2.92. The SMILES string of the molecule is O=C(O)C1CN(CC2CCCC2)CCO1. The third-order valence-electron chi connectivity index (χ3n) is 3.42. The number of carboxylic acid groups (broad SMARTS) is 1. The van der Waals surface area contributed by atoms with E-state index in [4.69, 9.17) is 9.84 Å². The molecular formula is C11H19NO3. The van der Waals surface area contributed by atoms with Crippen molar-refractivity contribution in [3.8, 4) is 0 Å². The van der Waals surface area contributed by atoms with Gasteiger partial charge in [0, 0.05) is 19.6 Å². The van der Waals surface area contributed by atoms with E-state index in [0.717, 1.165) is 19.0 Å². The van der Waals surface area contributed by atoms with Gasteiger partial charge in [-0.1, -0.05) is 12.8 Å². The molecule has 1 atom stereocenters. The minimum absolute atomic E-state index is 0.559. The molecule has 4 nitrogen and oxygen atoms in total. The van der Waals surface area contributed by atoms with Gasteiger partial charge in [0.1, 0.15) is 0 Å². The Labute approximate surface area is 90.2 Å². The molecule has 15 heavy (non-hydrogen) atoms. The van der Waals surface area contributed by atoms with Crippen molar-refractivity contribution in [1.29, 1.82) is 0 Å². The minimum Gasteiger partial charge on any atom is -0.479 e. The molecule has 0 aromatic heterocycles. The van der Waals surface area contributed by atoms with Crippen molar-refractivity contribution in [2.75, 3.05) is 26.2 Å². The molecule has 1 unspecified atom stereocenters. The van der Waals surface area contributed by atoms with Crippen molar-refractivity contribution in [2.24, 2.45) is 5.92 Å². The highest BCUT2D eigenvalue weighted by molar-refractivity contribution is 5.72. The summed E-state index contributed by atoms with van der Waals surface area (Å²) in [5.41, 5.74) is 0. The number of carboxylic acids is 1. The Morgan fingerprint density at radius 1 is 1.40 bits per heavy atom. The van der Waals surface area contributed by atoms with Crippen LogP contribution in [0.5, 0.6) is 0 Å². The molecule has 2 rings (SSSR count). The van der Waals surface area contributed by atoms with E-state index in [2.05, 4.69) is 4.90 Å². The van der Waals surface area contributed by atoms with E-state index in [1.165, 1.54) is 25.7 Å². The first-order valence-corrected chi connectivity index (χ1v) is 5.82. The summed E-state index contributed by atoms with van der Waals surface area (Å²) in [5, 5.41) is 8.87. The van der Waals surface area contributed by atoms with Crippen LogP contribution in [0.15, 0.2) is 0 Å². The van der Waals surface area contributed by atoms with Crippen molar-refractivity contribution >= 4 is 5.97 Å². The van der Waals surface area contributed by atoms with E-state index >= 15 is 0 Å². The molecular weight excluding hydrogens is 194 g/mol. The van der Waals surface area contributed by atoms with Gasteiger partial charge in [0.25, 0.3) is 0 Å². The van der Waals surface area contributed by atoms with Crippen LogP contribution < -0.4 is 0 Å². The molecule has 0 aromatic carbocycles. The maximum absolute atomic E-state index is 10.8. The fraction of sp³-hybridized carbons (Fsp3) is 0.909. The summed E-state index contributed by atoms with van der Waals surface area (Å²) in [6.07, 6.45) is 4.71. The smallest absolute Gasteiger partial charge is 0.334 e. The molecule has 86 valence electrons. The van der Waals surface area contributed by atoms with Crippen LogP contribution in [0, 0.1) is 5.92 Å². The molecule has 2 aliphatic rings. The zero-order valence-corrected chi connectivity index (χ0v) is 9.02. The first-order valence-electron chi connectivity index (χ1n) is 5.82. The van der Waals surface area contributed by atoms with Gasteiger partial charge in [-0.2, -0.15) is 0 Å². The van der Waals surface area contributed by atoms with Crippen molar-refractivity contribution in [3.63, 3.8) is 0 Å². The number of morpholine rings is 1. The molecule has 0 spiro atoms. The molecule has 1 saturated heterocycles. The van der Waals surface area contributed by atoms with Crippen molar-refractivity contribution in [3.05, 3.63) is 0 Å². The molecule has 1 heterocycles. The normalized spacial score (nSPS) is 29.5. The molecule has 1 aliphatic carbocycles. The molecule has 1 aliphatic heterocycles. The summed E-state index contributed by atoms with van der Waals surface area (Å²) in [7, 11) is 0. The number of aliphatic carboxylic acids is 1. The number of ether oxygens (including phenoxy) is 1. The second kappa shape index (κ2) is 4.94. The van der Waals surface area contributed by atoms with Crippen LogP contribution in [0.3, 0.4) is 0 Å². The van der Waals surface area contributed by atoms with Gasteiger partial charge in [-0.25, -0.2) is 4.79 Å². The van der Waals surface area contributed by atoms with Gasteiger partial charge >= 0.3 is 5.97 Å². The predicted molar refractivity (Wildman–Crippen MR) is 55.8 cm³/mol. The summed E-state index contributed by atoms with van der Waals surface area (Å²) < 4.78 is 5.19. The number of hydrogen-bond donors (Lipinski definition) is 1. The quantitative estimate of drug-likeness (QED) is 0.758. The van der Waals surface area contributed by atoms with E-state index in [-0.39, 0.29) is 0 Å². The van der Waals surface area contributed by atoms with Crippen LogP contribution in [-0.4, -0.2) is 48.3 Å². The fourth-order valence-electron chi connectivity index (χ4n) is 2.58. The van der Waals surface area contributed by atoms with E-state index in [1.54, 1.807) is 0 Å². The highest BCUT2D eigenvalue weighted by Gasteiger charge is 2.28. The van der Waals surface area contributed by atoms with Gasteiger partial charge in [0.05, 0.1) is 6.61 Å². The van der Waals surface area contributed by atoms with Crippen molar-refractivity contribution in [1.82, 2.24) is 4.90 Å². The Morgan fingerprint density at radius 2 is 2.13 bits per heavy atom. The predicted octanol–water partition coefficient (Wildman–Crippen LogP) is 0.962. The van der Waals surface area contributed by atoms with Crippen LogP contribution in [0.4, 0.5) is 0 Å². The Hall–Kier alpha value is -0.610. The standard InChI is InChI=1S/C11H19NO3/c13-11(14)10-8-12(5-6-15-10)7-9-3-1-2-4-9/h9-10H,1-8H2,(H,13,14). The molecule has 2 fully saturated rings. The maximum atomic E-state index is 10.8. The first kappa shape index (κ1) is 10.9. The van der Waals surface area contributed by atoms with Crippen LogP contribution in [0.25, 0.3) is 0 Å². The molecule has 0 radical (unpaired) electrons. The van der Waals surface area contributed by atoms with E-state index in [0.29, 0.717) is 13.2 Å². The Bertz CT molecular complexity index is 226. The van der Waals surface area contributed by atoms with E-state index in [1.807, 2.05) is 0 Å². The molecule has 4 heteroatoms. The van der Waals surface area contributed by atoms with Gasteiger partial charge in [0.15, 0.2) is 6.10 Å². The van der Waals surface area contributed by atoms with Gasteiger partial charge in [0.2, 0.25) is 0 Å². The maximum Gasteiger partial charge on any atom is 0.334 e. The lowest BCUT2D eigenvalue weighted by molar-refractivity contribution is -0.156. The Morgan fingerprint density at radius 3 is 2.80 bits per heavy atom. The molecule has 0 bridgehead atoms. The van der Waals surface area contributed by atoms with Crippen LogP contribution >= 0.6 is 0 Å². The van der Waals surface area contributed by atoms with Crippen LogP contribution in [-0.2, 0) is 9.53 Å². The lowest BCUT2D eigenvalue weighted by atomic mass is 10.1. The molecule has 0 amide bonds. The lowest BCUT2D eigenvalue weighted by Gasteiger charge is -2.32. The average molecular weight is 213 g/mol. The second-order valence-electron chi connectivity index (χ2n) is 4.61. The summed E-state index contributed by atoms with van der Waals surface area (Å²) >= 11 is 0. The summed E-state index contributed by atoms with van der Waals surface area (Å²) in [5.74, 6) is -0.0383. The van der Waals surface area contributed by atoms with Gasteiger partial charge in [-0.15, -0.1) is 0 Å².